The predicted molar refractivity (Wildman–Crippen MR) is 99.8 cm³/mol. The Morgan fingerprint density at radius 1 is 1.11 bits per heavy atom. The van der Waals surface area contributed by atoms with E-state index in [-0.39, 0.29) is 17.2 Å². The third-order valence-electron chi connectivity index (χ3n) is 7.12. The summed E-state index contributed by atoms with van der Waals surface area (Å²) in [6.45, 7) is 4.79. The average molecular weight is 396 g/mol. The maximum atomic E-state index is 13.2. The molecule has 0 aromatic carbocycles. The molecule has 0 radical (unpaired) electrons. The molecular formula is C21H30F2N2O3. The Bertz CT molecular complexity index is 660. The topological polar surface area (TPSA) is 49.9 Å². The number of hydrogen-bond donors (Lipinski definition) is 0. The number of amides is 2. The molecule has 0 aromatic heterocycles. The molecule has 0 aromatic rings. The van der Waals surface area contributed by atoms with Crippen LogP contribution < -0.4 is 0 Å². The van der Waals surface area contributed by atoms with Crippen molar-refractivity contribution in [2.45, 2.75) is 57.5 Å². The monoisotopic (exact) mass is 396 g/mol. The van der Waals surface area contributed by atoms with E-state index in [4.69, 9.17) is 4.74 Å². The van der Waals surface area contributed by atoms with Crippen LogP contribution in [0.25, 0.3) is 0 Å². The van der Waals surface area contributed by atoms with Crippen molar-refractivity contribution in [1.82, 2.24) is 9.80 Å². The third-order valence-corrected chi connectivity index (χ3v) is 7.12. The van der Waals surface area contributed by atoms with Gasteiger partial charge in [-0.1, -0.05) is 19.1 Å². The smallest absolute Gasteiger partial charge is 0.242 e. The quantitative estimate of drug-likeness (QED) is 0.690. The maximum absolute atomic E-state index is 13.2. The van der Waals surface area contributed by atoms with Crippen LogP contribution in [-0.2, 0) is 14.3 Å². The van der Waals surface area contributed by atoms with Crippen molar-refractivity contribution in [3.05, 3.63) is 12.2 Å². The number of nitrogens with zero attached hydrogens (tertiary/aromatic N) is 2. The second-order valence-electron chi connectivity index (χ2n) is 9.20. The Morgan fingerprint density at radius 2 is 1.86 bits per heavy atom. The van der Waals surface area contributed by atoms with Crippen molar-refractivity contribution < 1.29 is 23.1 Å². The van der Waals surface area contributed by atoms with Gasteiger partial charge in [-0.3, -0.25) is 9.59 Å². The van der Waals surface area contributed by atoms with E-state index >= 15 is 0 Å². The predicted octanol–water partition coefficient (Wildman–Crippen LogP) is 2.85. The molecule has 1 spiro atoms. The molecule has 4 rings (SSSR count). The van der Waals surface area contributed by atoms with Crippen molar-refractivity contribution in [3.63, 3.8) is 0 Å². The first-order valence-electron chi connectivity index (χ1n) is 10.5. The van der Waals surface area contributed by atoms with E-state index in [1.54, 1.807) is 4.90 Å². The van der Waals surface area contributed by atoms with Gasteiger partial charge in [-0.2, -0.15) is 0 Å². The minimum Gasteiger partial charge on any atom is -0.371 e. The number of ether oxygens (including phenoxy) is 1. The van der Waals surface area contributed by atoms with Gasteiger partial charge < -0.3 is 14.5 Å². The van der Waals surface area contributed by atoms with Gasteiger partial charge in [0.05, 0.1) is 17.6 Å². The molecule has 4 aliphatic rings. The van der Waals surface area contributed by atoms with Gasteiger partial charge in [-0.25, -0.2) is 8.78 Å². The molecule has 156 valence electrons. The first kappa shape index (κ1) is 19.8. The minimum absolute atomic E-state index is 0.134. The average Bonchev–Trinajstić information content (AvgIpc) is 3.49. The van der Waals surface area contributed by atoms with Crippen LogP contribution in [0.4, 0.5) is 8.78 Å². The van der Waals surface area contributed by atoms with Crippen molar-refractivity contribution in [2.75, 3.05) is 32.8 Å². The molecule has 2 aliphatic carbocycles. The van der Waals surface area contributed by atoms with Crippen molar-refractivity contribution >= 4 is 11.8 Å². The van der Waals surface area contributed by atoms with Crippen LogP contribution >= 0.6 is 0 Å². The first-order chi connectivity index (χ1) is 13.3. The van der Waals surface area contributed by atoms with E-state index in [1.807, 2.05) is 4.90 Å². The highest BCUT2D eigenvalue weighted by molar-refractivity contribution is 5.83. The normalized spacial score (nSPS) is 34.7. The number of halogens is 2. The summed E-state index contributed by atoms with van der Waals surface area (Å²) in [6.07, 6.45) is 6.07. The number of allylic oxidation sites excluding steroid dienone is 2. The highest BCUT2D eigenvalue weighted by Gasteiger charge is 2.52. The first-order valence-corrected chi connectivity index (χ1v) is 10.5. The second-order valence-corrected chi connectivity index (χ2v) is 9.20. The number of carbonyl (C=O) groups excluding carboxylic acids is 2. The van der Waals surface area contributed by atoms with E-state index in [2.05, 4.69) is 19.1 Å². The lowest BCUT2D eigenvalue weighted by Gasteiger charge is -2.49. The zero-order valence-electron chi connectivity index (χ0n) is 16.5. The molecule has 1 saturated carbocycles. The fourth-order valence-electron chi connectivity index (χ4n) is 5.01. The molecule has 5 nitrogen and oxygen atoms in total. The van der Waals surface area contributed by atoms with E-state index in [0.29, 0.717) is 52.0 Å². The van der Waals surface area contributed by atoms with E-state index in [1.165, 1.54) is 0 Å². The number of piperidine rings is 1. The Kier molecular flexibility index (Phi) is 5.23. The molecule has 7 heteroatoms. The summed E-state index contributed by atoms with van der Waals surface area (Å²) in [6, 6.07) is 0. The van der Waals surface area contributed by atoms with E-state index in [0.717, 1.165) is 19.3 Å². The summed E-state index contributed by atoms with van der Waals surface area (Å²) in [5, 5.41) is 0. The zero-order valence-corrected chi connectivity index (χ0v) is 16.5. The standard InChI is InChI=1S/C21H30F2N2O3/c1-20(5-3-2-4-6-20)19(27)25-11-12-28-21(14-25)7-9-24(10-8-21)18(26)16-13-15(16)17(22)23/h2-3,15-17H,4-14H2,1H3/t15-,16-,20?/m0/s1. The van der Waals surface area contributed by atoms with Crippen molar-refractivity contribution in [3.8, 4) is 0 Å². The molecule has 3 atom stereocenters. The van der Waals surface area contributed by atoms with Gasteiger partial charge in [0.1, 0.15) is 0 Å². The summed E-state index contributed by atoms with van der Waals surface area (Å²) < 4.78 is 31.6. The van der Waals surface area contributed by atoms with Crippen LogP contribution in [-0.4, -0.2) is 66.4 Å². The van der Waals surface area contributed by atoms with Crippen LogP contribution in [0, 0.1) is 17.3 Å². The summed E-state index contributed by atoms with van der Waals surface area (Å²) in [5.41, 5.74) is -0.739. The fraction of sp³-hybridized carbons (Fsp3) is 0.810. The largest absolute Gasteiger partial charge is 0.371 e. The number of morpholine rings is 1. The summed E-state index contributed by atoms with van der Waals surface area (Å²) >= 11 is 0. The van der Waals surface area contributed by atoms with Gasteiger partial charge in [-0.15, -0.1) is 0 Å². The maximum Gasteiger partial charge on any atom is 0.242 e. The van der Waals surface area contributed by atoms with Crippen LogP contribution in [0.3, 0.4) is 0 Å². The van der Waals surface area contributed by atoms with Gasteiger partial charge in [0, 0.05) is 38.0 Å². The van der Waals surface area contributed by atoms with Crippen LogP contribution in [0.15, 0.2) is 12.2 Å². The van der Waals surface area contributed by atoms with Gasteiger partial charge in [0.15, 0.2) is 0 Å². The van der Waals surface area contributed by atoms with Crippen molar-refractivity contribution in [2.24, 2.45) is 17.3 Å². The number of carbonyl (C=O) groups is 2. The molecule has 0 bridgehead atoms. The molecule has 1 unspecified atom stereocenters. The molecular weight excluding hydrogens is 366 g/mol. The molecule has 2 saturated heterocycles. The number of likely N-dealkylation sites (tertiary alicyclic amines) is 1. The van der Waals surface area contributed by atoms with Crippen molar-refractivity contribution in [1.29, 1.82) is 0 Å². The molecule has 2 aliphatic heterocycles. The molecule has 28 heavy (non-hydrogen) atoms. The van der Waals surface area contributed by atoms with Crippen LogP contribution in [0.1, 0.15) is 45.4 Å². The highest BCUT2D eigenvalue weighted by Crippen LogP contribution is 2.45. The van der Waals surface area contributed by atoms with Gasteiger partial charge in [0.2, 0.25) is 18.2 Å². The van der Waals surface area contributed by atoms with Gasteiger partial charge in [-0.05, 0) is 38.5 Å². The third kappa shape index (κ3) is 3.70. The highest BCUT2D eigenvalue weighted by atomic mass is 19.3. The lowest BCUT2D eigenvalue weighted by atomic mass is 9.77. The van der Waals surface area contributed by atoms with Gasteiger partial charge in [0.25, 0.3) is 0 Å². The molecule has 2 amide bonds. The molecule has 3 fully saturated rings. The van der Waals surface area contributed by atoms with Crippen LogP contribution in [0.2, 0.25) is 0 Å². The zero-order chi connectivity index (χ0) is 19.9. The van der Waals surface area contributed by atoms with E-state index < -0.39 is 23.9 Å². The number of alkyl halides is 2. The summed E-state index contributed by atoms with van der Waals surface area (Å²) in [4.78, 5) is 29.3. The number of hydrogen-bond acceptors (Lipinski definition) is 3. The summed E-state index contributed by atoms with van der Waals surface area (Å²) in [7, 11) is 0. The Hall–Kier alpha value is -1.50. The Labute approximate surface area is 165 Å². The van der Waals surface area contributed by atoms with E-state index in [9.17, 15) is 18.4 Å². The van der Waals surface area contributed by atoms with Gasteiger partial charge >= 0.3 is 0 Å². The number of rotatable bonds is 3. The lowest BCUT2D eigenvalue weighted by molar-refractivity contribution is -0.170. The SMILES string of the molecule is CC1(C(=O)N2CCOC3(CCN(C(=O)[C@H]4C[C@@H]4C(F)F)CC3)C2)CC=CCC1. The molecule has 2 heterocycles. The Balaban J connectivity index is 1.34. The minimum atomic E-state index is -2.40. The second kappa shape index (κ2) is 7.39. The van der Waals surface area contributed by atoms with Crippen LogP contribution in [0.5, 0.6) is 0 Å². The fourth-order valence-corrected chi connectivity index (χ4v) is 5.01. The molecule has 0 N–H and O–H groups in total. The lowest BCUT2D eigenvalue weighted by Crippen LogP contribution is -2.60. The Morgan fingerprint density at radius 3 is 2.46 bits per heavy atom. The summed E-state index contributed by atoms with van der Waals surface area (Å²) in [5.74, 6) is -1.19.